The molecule has 0 aliphatic carbocycles. The Morgan fingerprint density at radius 3 is 3.15 bits per heavy atom. The number of benzene rings is 1. The van der Waals surface area contributed by atoms with Gasteiger partial charge in [0, 0.05) is 19.6 Å². The van der Waals surface area contributed by atoms with Gasteiger partial charge in [0.25, 0.3) is 0 Å². The molecule has 2 N–H and O–H groups in total. The molecule has 140 valence electrons. The molecular formula is C19H21FN6O. The Labute approximate surface area is 156 Å². The van der Waals surface area contributed by atoms with Crippen LogP contribution < -0.4 is 10.2 Å². The minimum Gasteiger partial charge on any atom is -0.355 e. The summed E-state index contributed by atoms with van der Waals surface area (Å²) in [4.78, 5) is 30.5. The highest BCUT2D eigenvalue weighted by atomic mass is 19.1. The number of H-pyrrole nitrogens is 1. The number of hydrogen-bond acceptors (Lipinski definition) is 5. The van der Waals surface area contributed by atoms with Crippen LogP contribution in [0.4, 0.5) is 10.2 Å². The molecule has 0 unspecified atom stereocenters. The molecule has 8 heteroatoms. The number of rotatable bonds is 5. The van der Waals surface area contributed by atoms with Crippen molar-refractivity contribution in [3.8, 4) is 0 Å². The van der Waals surface area contributed by atoms with E-state index in [2.05, 4.69) is 30.2 Å². The number of amides is 1. The molecule has 7 nitrogen and oxygen atoms in total. The summed E-state index contributed by atoms with van der Waals surface area (Å²) in [6.07, 6.45) is 5.48. The van der Waals surface area contributed by atoms with Gasteiger partial charge in [-0.15, -0.1) is 0 Å². The molecule has 1 aromatic carbocycles. The second kappa shape index (κ2) is 7.69. The quantitative estimate of drug-likeness (QED) is 0.720. The molecule has 3 aromatic rings. The van der Waals surface area contributed by atoms with E-state index in [-0.39, 0.29) is 17.6 Å². The SMILES string of the molecule is O=C(NCCc1cccc(F)c1)[C@@H]1CCCN(c2ncnc3nc[nH]c23)C1. The molecule has 1 fully saturated rings. The number of carbonyl (C=O) groups excluding carboxylic acids is 1. The van der Waals surface area contributed by atoms with Crippen molar-refractivity contribution in [2.24, 2.45) is 5.92 Å². The lowest BCUT2D eigenvalue weighted by atomic mass is 9.97. The highest BCUT2D eigenvalue weighted by Crippen LogP contribution is 2.25. The van der Waals surface area contributed by atoms with Crippen LogP contribution in [-0.2, 0) is 11.2 Å². The van der Waals surface area contributed by atoms with Gasteiger partial charge < -0.3 is 15.2 Å². The lowest BCUT2D eigenvalue weighted by Crippen LogP contribution is -2.43. The molecule has 1 aliphatic rings. The maximum atomic E-state index is 13.2. The summed E-state index contributed by atoms with van der Waals surface area (Å²) in [5.74, 6) is 0.469. The third kappa shape index (κ3) is 3.89. The molecule has 1 saturated heterocycles. The van der Waals surface area contributed by atoms with Crippen molar-refractivity contribution in [1.82, 2.24) is 25.3 Å². The maximum Gasteiger partial charge on any atom is 0.224 e. The lowest BCUT2D eigenvalue weighted by Gasteiger charge is -2.32. The number of aromatic nitrogens is 4. The first kappa shape index (κ1) is 17.4. The zero-order valence-electron chi connectivity index (χ0n) is 14.9. The Kier molecular flexibility index (Phi) is 4.95. The molecule has 1 atom stereocenters. The predicted molar refractivity (Wildman–Crippen MR) is 99.7 cm³/mol. The van der Waals surface area contributed by atoms with Gasteiger partial charge in [0.2, 0.25) is 5.91 Å². The van der Waals surface area contributed by atoms with Crippen LogP contribution >= 0.6 is 0 Å². The molecule has 3 heterocycles. The number of imidazole rings is 1. The second-order valence-electron chi connectivity index (χ2n) is 6.75. The van der Waals surface area contributed by atoms with E-state index in [1.54, 1.807) is 12.4 Å². The number of carbonyl (C=O) groups is 1. The number of halogens is 1. The van der Waals surface area contributed by atoms with Crippen LogP contribution in [0.5, 0.6) is 0 Å². The summed E-state index contributed by atoms with van der Waals surface area (Å²) >= 11 is 0. The van der Waals surface area contributed by atoms with E-state index in [4.69, 9.17) is 0 Å². The molecule has 2 aromatic heterocycles. The molecule has 4 rings (SSSR count). The van der Waals surface area contributed by atoms with Crippen molar-refractivity contribution in [1.29, 1.82) is 0 Å². The Bertz CT molecular complexity index is 943. The molecule has 1 aliphatic heterocycles. The van der Waals surface area contributed by atoms with Gasteiger partial charge >= 0.3 is 0 Å². The first-order valence-corrected chi connectivity index (χ1v) is 9.12. The van der Waals surface area contributed by atoms with Crippen LogP contribution in [0.3, 0.4) is 0 Å². The third-order valence-electron chi connectivity index (χ3n) is 4.90. The summed E-state index contributed by atoms with van der Waals surface area (Å²) in [6, 6.07) is 6.47. The topological polar surface area (TPSA) is 86.8 Å². The fourth-order valence-corrected chi connectivity index (χ4v) is 3.54. The highest BCUT2D eigenvalue weighted by Gasteiger charge is 2.27. The van der Waals surface area contributed by atoms with Crippen LogP contribution in [-0.4, -0.2) is 45.5 Å². The van der Waals surface area contributed by atoms with E-state index in [0.29, 0.717) is 25.2 Å². The summed E-state index contributed by atoms with van der Waals surface area (Å²) < 4.78 is 13.2. The van der Waals surface area contributed by atoms with Crippen molar-refractivity contribution in [2.45, 2.75) is 19.3 Å². The van der Waals surface area contributed by atoms with Crippen LogP contribution in [0.25, 0.3) is 11.2 Å². The first-order chi connectivity index (χ1) is 13.2. The Hall–Kier alpha value is -3.03. The number of anilines is 1. The molecule has 1 amide bonds. The van der Waals surface area contributed by atoms with Crippen LogP contribution in [0.1, 0.15) is 18.4 Å². The zero-order chi connectivity index (χ0) is 18.6. The number of nitrogens with zero attached hydrogens (tertiary/aromatic N) is 4. The fourth-order valence-electron chi connectivity index (χ4n) is 3.54. The van der Waals surface area contributed by atoms with Crippen molar-refractivity contribution >= 4 is 22.9 Å². The van der Waals surface area contributed by atoms with Gasteiger partial charge in [-0.05, 0) is 37.0 Å². The average molecular weight is 368 g/mol. The fraction of sp³-hybridized carbons (Fsp3) is 0.368. The van der Waals surface area contributed by atoms with E-state index in [1.165, 1.54) is 18.5 Å². The summed E-state index contributed by atoms with van der Waals surface area (Å²) in [7, 11) is 0. The highest BCUT2D eigenvalue weighted by molar-refractivity contribution is 5.84. The minimum absolute atomic E-state index is 0.0333. The Balaban J connectivity index is 1.36. The van der Waals surface area contributed by atoms with Crippen molar-refractivity contribution in [2.75, 3.05) is 24.5 Å². The number of fused-ring (bicyclic) bond motifs is 1. The van der Waals surface area contributed by atoms with Gasteiger partial charge in [0.05, 0.1) is 12.2 Å². The summed E-state index contributed by atoms with van der Waals surface area (Å²) in [6.45, 7) is 1.95. The number of aromatic amines is 1. The third-order valence-corrected chi connectivity index (χ3v) is 4.90. The van der Waals surface area contributed by atoms with E-state index >= 15 is 0 Å². The van der Waals surface area contributed by atoms with Crippen molar-refractivity contribution in [3.05, 3.63) is 48.3 Å². The lowest BCUT2D eigenvalue weighted by molar-refractivity contribution is -0.125. The monoisotopic (exact) mass is 368 g/mol. The molecule has 0 radical (unpaired) electrons. The standard InChI is InChI=1S/C19H21FN6O/c20-15-5-1-3-13(9-15)6-7-21-19(27)14-4-2-8-26(10-14)18-16-17(23-11-22-16)24-12-25-18/h1,3,5,9,11-12,14H,2,4,6-8,10H2,(H,21,27)(H,22,23,24,25)/t14-/m1/s1. The van der Waals surface area contributed by atoms with Crippen LogP contribution in [0.2, 0.25) is 0 Å². The molecule has 0 saturated carbocycles. The van der Waals surface area contributed by atoms with Gasteiger partial charge in [-0.3, -0.25) is 4.79 Å². The van der Waals surface area contributed by atoms with Gasteiger partial charge in [-0.2, -0.15) is 0 Å². The molecular weight excluding hydrogens is 347 g/mol. The van der Waals surface area contributed by atoms with E-state index in [9.17, 15) is 9.18 Å². The van der Waals surface area contributed by atoms with Gasteiger partial charge in [0.15, 0.2) is 11.5 Å². The molecule has 0 spiro atoms. The van der Waals surface area contributed by atoms with Gasteiger partial charge in [-0.1, -0.05) is 12.1 Å². The average Bonchev–Trinajstić information content (AvgIpc) is 3.17. The summed E-state index contributed by atoms with van der Waals surface area (Å²) in [5, 5.41) is 2.98. The normalized spacial score (nSPS) is 17.2. The van der Waals surface area contributed by atoms with Crippen LogP contribution in [0.15, 0.2) is 36.9 Å². The summed E-state index contributed by atoms with van der Waals surface area (Å²) in [5.41, 5.74) is 2.30. The van der Waals surface area contributed by atoms with E-state index in [1.807, 2.05) is 6.07 Å². The maximum absolute atomic E-state index is 13.2. The smallest absolute Gasteiger partial charge is 0.224 e. The molecule has 27 heavy (non-hydrogen) atoms. The van der Waals surface area contributed by atoms with Crippen molar-refractivity contribution < 1.29 is 9.18 Å². The van der Waals surface area contributed by atoms with E-state index in [0.717, 1.165) is 36.3 Å². The number of nitrogens with one attached hydrogen (secondary N) is 2. The largest absolute Gasteiger partial charge is 0.355 e. The van der Waals surface area contributed by atoms with Crippen LogP contribution in [0, 0.1) is 11.7 Å². The van der Waals surface area contributed by atoms with Crippen molar-refractivity contribution in [3.63, 3.8) is 0 Å². The molecule has 0 bridgehead atoms. The second-order valence-corrected chi connectivity index (χ2v) is 6.75. The zero-order valence-corrected chi connectivity index (χ0v) is 14.9. The van der Waals surface area contributed by atoms with Gasteiger partial charge in [0.1, 0.15) is 17.7 Å². The number of hydrogen-bond donors (Lipinski definition) is 2. The Morgan fingerprint density at radius 2 is 2.26 bits per heavy atom. The minimum atomic E-state index is -0.253. The van der Waals surface area contributed by atoms with Gasteiger partial charge in [-0.25, -0.2) is 19.3 Å². The first-order valence-electron chi connectivity index (χ1n) is 9.12. The Morgan fingerprint density at radius 1 is 1.33 bits per heavy atom. The number of piperidine rings is 1. The predicted octanol–water partition coefficient (Wildman–Crippen LogP) is 2.07. The van der Waals surface area contributed by atoms with E-state index < -0.39 is 0 Å².